The molecule has 0 bridgehead atoms. The second-order valence-electron chi connectivity index (χ2n) is 7.23. The zero-order valence-corrected chi connectivity index (χ0v) is 11.0. The van der Waals surface area contributed by atoms with E-state index < -0.39 is 0 Å². The lowest BCUT2D eigenvalue weighted by Crippen LogP contribution is -2.40. The van der Waals surface area contributed by atoms with E-state index in [9.17, 15) is 0 Å². The molecule has 3 rings (SSSR count). The molecule has 1 heteroatoms. The van der Waals surface area contributed by atoms with Gasteiger partial charge in [-0.15, -0.1) is 0 Å². The Bertz CT molecular complexity index is 258. The minimum atomic E-state index is 0.601. The van der Waals surface area contributed by atoms with Crippen LogP contribution in [0.2, 0.25) is 0 Å². The number of rotatable bonds is 2. The largest absolute Gasteiger partial charge is 0.311 e. The normalized spacial score (nSPS) is 46.1. The summed E-state index contributed by atoms with van der Waals surface area (Å²) in [4.78, 5) is 0. The Morgan fingerprint density at radius 3 is 2.31 bits per heavy atom. The molecule has 92 valence electrons. The van der Waals surface area contributed by atoms with Crippen molar-refractivity contribution in [2.24, 2.45) is 17.3 Å². The van der Waals surface area contributed by atoms with Gasteiger partial charge < -0.3 is 5.32 Å². The van der Waals surface area contributed by atoms with Crippen molar-refractivity contribution in [1.29, 1.82) is 0 Å². The summed E-state index contributed by atoms with van der Waals surface area (Å²) in [5.41, 5.74) is 0.601. The summed E-state index contributed by atoms with van der Waals surface area (Å²) in [5.74, 6) is 2.17. The van der Waals surface area contributed by atoms with Crippen LogP contribution in [0.15, 0.2) is 0 Å². The van der Waals surface area contributed by atoms with Gasteiger partial charge in [0.15, 0.2) is 0 Å². The van der Waals surface area contributed by atoms with Crippen molar-refractivity contribution < 1.29 is 0 Å². The van der Waals surface area contributed by atoms with E-state index in [1.807, 2.05) is 0 Å². The van der Waals surface area contributed by atoms with Crippen LogP contribution in [-0.4, -0.2) is 12.1 Å². The van der Waals surface area contributed by atoms with Crippen LogP contribution in [0.4, 0.5) is 0 Å². The monoisotopic (exact) mass is 221 g/mol. The fourth-order valence-corrected chi connectivity index (χ4v) is 4.06. The van der Waals surface area contributed by atoms with Crippen molar-refractivity contribution in [3.8, 4) is 0 Å². The minimum absolute atomic E-state index is 0.601. The molecule has 0 aromatic rings. The van der Waals surface area contributed by atoms with E-state index >= 15 is 0 Å². The highest BCUT2D eigenvalue weighted by Gasteiger charge is 2.47. The molecule has 0 spiro atoms. The zero-order valence-electron chi connectivity index (χ0n) is 11.0. The highest BCUT2D eigenvalue weighted by molar-refractivity contribution is 5.03. The molecular weight excluding hydrogens is 194 g/mol. The van der Waals surface area contributed by atoms with Gasteiger partial charge in [0, 0.05) is 12.1 Å². The van der Waals surface area contributed by atoms with Crippen LogP contribution in [0.1, 0.15) is 65.2 Å². The van der Waals surface area contributed by atoms with Gasteiger partial charge in [-0.05, 0) is 42.9 Å². The average molecular weight is 221 g/mol. The van der Waals surface area contributed by atoms with Crippen LogP contribution >= 0.6 is 0 Å². The third kappa shape index (κ3) is 2.16. The molecule has 0 aromatic carbocycles. The van der Waals surface area contributed by atoms with E-state index in [2.05, 4.69) is 19.2 Å². The first kappa shape index (κ1) is 11.1. The Morgan fingerprint density at radius 2 is 1.62 bits per heavy atom. The third-order valence-electron chi connectivity index (χ3n) is 5.49. The Labute approximate surface area is 100 Å². The average Bonchev–Trinajstić information content (AvgIpc) is 2.86. The predicted molar refractivity (Wildman–Crippen MR) is 68.4 cm³/mol. The molecule has 3 aliphatic carbocycles. The maximum atomic E-state index is 3.92. The maximum Gasteiger partial charge on any atom is 0.0127 e. The van der Waals surface area contributed by atoms with E-state index in [-0.39, 0.29) is 0 Å². The SMILES string of the molecule is CC1(C)CC1NC1CCC2CCCCC2C1. The summed E-state index contributed by atoms with van der Waals surface area (Å²) in [5, 5.41) is 3.92. The van der Waals surface area contributed by atoms with Crippen LogP contribution in [0.5, 0.6) is 0 Å². The Hall–Kier alpha value is -0.0400. The highest BCUT2D eigenvalue weighted by Crippen LogP contribution is 2.46. The number of fused-ring (bicyclic) bond motifs is 1. The first-order valence-corrected chi connectivity index (χ1v) is 7.41. The first-order chi connectivity index (χ1) is 7.65. The lowest BCUT2D eigenvalue weighted by molar-refractivity contribution is 0.141. The molecule has 1 N–H and O–H groups in total. The molecule has 0 aromatic heterocycles. The molecule has 0 heterocycles. The van der Waals surface area contributed by atoms with Crippen molar-refractivity contribution in [3.63, 3.8) is 0 Å². The molecule has 3 aliphatic rings. The molecule has 16 heavy (non-hydrogen) atoms. The fraction of sp³-hybridized carbons (Fsp3) is 1.00. The molecule has 0 saturated heterocycles. The molecule has 0 radical (unpaired) electrons. The Morgan fingerprint density at radius 1 is 0.938 bits per heavy atom. The Balaban J connectivity index is 1.51. The van der Waals surface area contributed by atoms with Crippen molar-refractivity contribution >= 4 is 0 Å². The van der Waals surface area contributed by atoms with Crippen molar-refractivity contribution in [2.75, 3.05) is 0 Å². The summed E-state index contributed by atoms with van der Waals surface area (Å²) in [6.07, 6.45) is 11.9. The van der Waals surface area contributed by atoms with Crippen LogP contribution in [-0.2, 0) is 0 Å². The van der Waals surface area contributed by atoms with Crippen LogP contribution in [0, 0.1) is 17.3 Å². The molecule has 4 unspecified atom stereocenters. The van der Waals surface area contributed by atoms with Crippen LogP contribution < -0.4 is 5.32 Å². The van der Waals surface area contributed by atoms with Gasteiger partial charge in [0.2, 0.25) is 0 Å². The van der Waals surface area contributed by atoms with E-state index in [1.165, 1.54) is 51.4 Å². The van der Waals surface area contributed by atoms with Crippen molar-refractivity contribution in [2.45, 2.75) is 77.3 Å². The molecule has 3 fully saturated rings. The zero-order chi connectivity index (χ0) is 11.2. The fourth-order valence-electron chi connectivity index (χ4n) is 4.06. The van der Waals surface area contributed by atoms with E-state index in [0.29, 0.717) is 5.41 Å². The van der Waals surface area contributed by atoms with Gasteiger partial charge in [0.25, 0.3) is 0 Å². The molecule has 1 nitrogen and oxygen atoms in total. The summed E-state index contributed by atoms with van der Waals surface area (Å²) < 4.78 is 0. The van der Waals surface area contributed by atoms with Crippen LogP contribution in [0.25, 0.3) is 0 Å². The molecule has 0 aliphatic heterocycles. The standard InChI is InChI=1S/C15H27N/c1-15(2)10-14(15)16-13-8-7-11-5-3-4-6-12(11)9-13/h11-14,16H,3-10H2,1-2H3. The second kappa shape index (κ2) is 4.01. The van der Waals surface area contributed by atoms with E-state index in [4.69, 9.17) is 0 Å². The third-order valence-corrected chi connectivity index (χ3v) is 5.49. The molecule has 3 saturated carbocycles. The lowest BCUT2D eigenvalue weighted by Gasteiger charge is -2.39. The second-order valence-corrected chi connectivity index (χ2v) is 7.23. The lowest BCUT2D eigenvalue weighted by atomic mass is 9.69. The van der Waals surface area contributed by atoms with Gasteiger partial charge in [-0.2, -0.15) is 0 Å². The first-order valence-electron chi connectivity index (χ1n) is 7.41. The highest BCUT2D eigenvalue weighted by atomic mass is 15.0. The van der Waals surface area contributed by atoms with Crippen molar-refractivity contribution in [3.05, 3.63) is 0 Å². The molecule has 4 atom stereocenters. The smallest absolute Gasteiger partial charge is 0.0127 e. The maximum absolute atomic E-state index is 3.92. The minimum Gasteiger partial charge on any atom is -0.311 e. The molecular formula is C15H27N. The van der Waals surface area contributed by atoms with Gasteiger partial charge >= 0.3 is 0 Å². The Kier molecular flexibility index (Phi) is 2.78. The van der Waals surface area contributed by atoms with E-state index in [1.54, 1.807) is 0 Å². The summed E-state index contributed by atoms with van der Waals surface area (Å²) in [6.45, 7) is 4.80. The predicted octanol–water partition coefficient (Wildman–Crippen LogP) is 3.73. The topological polar surface area (TPSA) is 12.0 Å². The van der Waals surface area contributed by atoms with Crippen molar-refractivity contribution in [1.82, 2.24) is 5.32 Å². The summed E-state index contributed by atoms with van der Waals surface area (Å²) in [7, 11) is 0. The number of hydrogen-bond donors (Lipinski definition) is 1. The molecule has 0 amide bonds. The van der Waals surface area contributed by atoms with Gasteiger partial charge in [-0.1, -0.05) is 39.5 Å². The summed E-state index contributed by atoms with van der Waals surface area (Å²) in [6, 6.07) is 1.68. The van der Waals surface area contributed by atoms with Gasteiger partial charge in [0.1, 0.15) is 0 Å². The summed E-state index contributed by atoms with van der Waals surface area (Å²) >= 11 is 0. The quantitative estimate of drug-likeness (QED) is 0.749. The number of hydrogen-bond acceptors (Lipinski definition) is 1. The van der Waals surface area contributed by atoms with Gasteiger partial charge in [-0.3, -0.25) is 0 Å². The number of nitrogens with one attached hydrogen (secondary N) is 1. The van der Waals surface area contributed by atoms with Gasteiger partial charge in [-0.25, -0.2) is 0 Å². The van der Waals surface area contributed by atoms with E-state index in [0.717, 1.165) is 23.9 Å². The van der Waals surface area contributed by atoms with Gasteiger partial charge in [0.05, 0.1) is 0 Å². The van der Waals surface area contributed by atoms with Crippen LogP contribution in [0.3, 0.4) is 0 Å².